The highest BCUT2D eigenvalue weighted by molar-refractivity contribution is 7.76. The summed E-state index contributed by atoms with van der Waals surface area (Å²) in [5.74, 6) is -0.884. The summed E-state index contributed by atoms with van der Waals surface area (Å²) in [7, 11) is 0. The molecule has 1 aliphatic heterocycles. The van der Waals surface area contributed by atoms with Gasteiger partial charge in [0.05, 0.1) is 6.67 Å². The molecule has 0 radical (unpaired) electrons. The molecule has 1 atom stereocenters. The number of hydrogen-bond donors (Lipinski definition) is 1. The summed E-state index contributed by atoms with van der Waals surface area (Å²) in [6, 6.07) is 5.73. The van der Waals surface area contributed by atoms with E-state index < -0.39 is 29.0 Å². The average molecular weight is 390 g/mol. The van der Waals surface area contributed by atoms with E-state index in [1.807, 2.05) is 0 Å². The molecular weight excluding hydrogens is 378 g/mol. The van der Waals surface area contributed by atoms with E-state index >= 15 is 0 Å². The predicted octanol–water partition coefficient (Wildman–Crippen LogP) is 2.25. The van der Waals surface area contributed by atoms with Crippen LogP contribution < -0.4 is 10.2 Å². The van der Waals surface area contributed by atoms with Gasteiger partial charge in [-0.2, -0.15) is 18.2 Å². The van der Waals surface area contributed by atoms with Gasteiger partial charge in [0, 0.05) is 36.1 Å². The maximum absolute atomic E-state index is 13.1. The smallest absolute Gasteiger partial charge is 0.433 e. The van der Waals surface area contributed by atoms with Crippen molar-refractivity contribution in [3.63, 3.8) is 0 Å². The summed E-state index contributed by atoms with van der Waals surface area (Å²) < 4.78 is 75.4. The third-order valence-electron chi connectivity index (χ3n) is 3.56. The third kappa shape index (κ3) is 4.26. The second-order valence-electron chi connectivity index (χ2n) is 5.40. The minimum absolute atomic E-state index is 0.121. The molecule has 1 aromatic carbocycles. The Bertz CT molecular complexity index is 818. The molecule has 1 aliphatic rings. The molecular formula is C14H12F4N5O2S-. The lowest BCUT2D eigenvalue weighted by atomic mass is 10.3. The highest BCUT2D eigenvalue weighted by Crippen LogP contribution is 2.31. The lowest BCUT2D eigenvalue weighted by molar-refractivity contribution is -0.141. The van der Waals surface area contributed by atoms with Crippen LogP contribution in [-0.4, -0.2) is 42.8 Å². The van der Waals surface area contributed by atoms with Gasteiger partial charge in [0.2, 0.25) is 5.95 Å². The second kappa shape index (κ2) is 7.13. The summed E-state index contributed by atoms with van der Waals surface area (Å²) in [4.78, 5) is 8.84. The molecule has 0 bridgehead atoms. The molecule has 26 heavy (non-hydrogen) atoms. The van der Waals surface area contributed by atoms with Crippen molar-refractivity contribution in [1.29, 1.82) is 0 Å². The summed E-state index contributed by atoms with van der Waals surface area (Å²) in [5.41, 5.74) is -0.832. The van der Waals surface area contributed by atoms with Crippen molar-refractivity contribution < 1.29 is 26.3 Å². The molecule has 12 heteroatoms. The normalized spacial score (nSPS) is 16.7. The fraction of sp³-hybridized carbons (Fsp3) is 0.286. The van der Waals surface area contributed by atoms with Crippen molar-refractivity contribution in [2.24, 2.45) is 0 Å². The van der Waals surface area contributed by atoms with E-state index in [1.165, 1.54) is 17.0 Å². The molecule has 1 fully saturated rings. The Hall–Kier alpha value is -2.31. The van der Waals surface area contributed by atoms with Gasteiger partial charge in [-0.05, 0) is 24.3 Å². The molecule has 0 aliphatic carbocycles. The fourth-order valence-corrected chi connectivity index (χ4v) is 2.78. The van der Waals surface area contributed by atoms with Gasteiger partial charge < -0.3 is 14.8 Å². The Morgan fingerprint density at radius 1 is 1.15 bits per heavy atom. The molecule has 2 aromatic rings. The Balaban J connectivity index is 1.92. The topological polar surface area (TPSA) is 84.4 Å². The van der Waals surface area contributed by atoms with Crippen LogP contribution in [0.3, 0.4) is 0 Å². The van der Waals surface area contributed by atoms with Gasteiger partial charge >= 0.3 is 6.18 Å². The van der Waals surface area contributed by atoms with Gasteiger partial charge in [-0.15, -0.1) is 0 Å². The van der Waals surface area contributed by atoms with Crippen LogP contribution >= 0.6 is 0 Å². The molecule has 7 nitrogen and oxygen atoms in total. The molecule has 2 heterocycles. The Labute approximate surface area is 148 Å². The van der Waals surface area contributed by atoms with Gasteiger partial charge in [0.15, 0.2) is 5.69 Å². The molecule has 3 rings (SSSR count). The van der Waals surface area contributed by atoms with Gasteiger partial charge in [0.1, 0.15) is 11.6 Å². The van der Waals surface area contributed by atoms with E-state index in [0.717, 1.165) is 22.5 Å². The third-order valence-corrected chi connectivity index (χ3v) is 4.28. The largest absolute Gasteiger partial charge is 0.760 e. The summed E-state index contributed by atoms with van der Waals surface area (Å²) in [6.07, 6.45) is -4.71. The lowest BCUT2D eigenvalue weighted by Crippen LogP contribution is -2.28. The monoisotopic (exact) mass is 390 g/mol. The van der Waals surface area contributed by atoms with Crippen molar-refractivity contribution in [3.8, 4) is 0 Å². The van der Waals surface area contributed by atoms with Crippen LogP contribution in [-0.2, 0) is 17.4 Å². The predicted molar refractivity (Wildman–Crippen MR) is 84.6 cm³/mol. The van der Waals surface area contributed by atoms with Crippen LogP contribution in [0.4, 0.5) is 35.0 Å². The van der Waals surface area contributed by atoms with E-state index in [4.69, 9.17) is 0 Å². The fourth-order valence-electron chi connectivity index (χ4n) is 2.32. The van der Waals surface area contributed by atoms with Crippen LogP contribution in [0.2, 0.25) is 0 Å². The number of nitrogens with zero attached hydrogens (tertiary/aromatic N) is 4. The van der Waals surface area contributed by atoms with Crippen molar-refractivity contribution >= 4 is 28.7 Å². The SMILES string of the molecule is O=S([O-])N1CCN(c2nc(Nc3ccc(F)cc3)cc(C(F)(F)F)n2)C1. The first-order valence-electron chi connectivity index (χ1n) is 7.30. The number of anilines is 3. The maximum Gasteiger partial charge on any atom is 0.433 e. The van der Waals surface area contributed by atoms with Crippen LogP contribution in [0.1, 0.15) is 5.69 Å². The lowest BCUT2D eigenvalue weighted by Gasteiger charge is -2.21. The van der Waals surface area contributed by atoms with E-state index in [0.29, 0.717) is 5.69 Å². The quantitative estimate of drug-likeness (QED) is 0.637. The van der Waals surface area contributed by atoms with Crippen molar-refractivity contribution in [3.05, 3.63) is 41.8 Å². The van der Waals surface area contributed by atoms with Crippen molar-refractivity contribution in [2.75, 3.05) is 30.0 Å². The standard InChI is InChI=1S/C14H13F4N5O2S/c15-9-1-3-10(4-2-9)19-12-7-11(14(16,17)18)20-13(21-12)22-5-6-23(8-22)26(24)25/h1-4,7H,5-6,8H2,(H,24,25)(H,19,20,21)/p-1. The molecule has 0 amide bonds. The van der Waals surface area contributed by atoms with Crippen LogP contribution in [0.15, 0.2) is 30.3 Å². The number of alkyl halides is 3. The molecule has 140 valence electrons. The summed E-state index contributed by atoms with van der Waals surface area (Å²) in [6.45, 7) is 0.134. The van der Waals surface area contributed by atoms with Crippen LogP contribution in [0.25, 0.3) is 0 Å². The van der Waals surface area contributed by atoms with Crippen molar-refractivity contribution in [1.82, 2.24) is 14.3 Å². The van der Waals surface area contributed by atoms with Gasteiger partial charge in [-0.25, -0.2) is 13.7 Å². The highest BCUT2D eigenvalue weighted by atomic mass is 32.2. The minimum atomic E-state index is -4.71. The van der Waals surface area contributed by atoms with Gasteiger partial charge in [-0.3, -0.25) is 4.21 Å². The molecule has 0 saturated carbocycles. The number of benzene rings is 1. The first-order valence-corrected chi connectivity index (χ1v) is 8.34. The molecule has 1 aromatic heterocycles. The van der Waals surface area contributed by atoms with E-state index in [1.54, 1.807) is 0 Å². The Kier molecular flexibility index (Phi) is 5.07. The van der Waals surface area contributed by atoms with Crippen molar-refractivity contribution in [2.45, 2.75) is 6.18 Å². The Morgan fingerprint density at radius 2 is 1.85 bits per heavy atom. The number of aromatic nitrogens is 2. The zero-order valence-electron chi connectivity index (χ0n) is 13.0. The summed E-state index contributed by atoms with van der Waals surface area (Å²) in [5, 5.41) is 2.66. The zero-order chi connectivity index (χ0) is 18.9. The summed E-state index contributed by atoms with van der Waals surface area (Å²) >= 11 is -2.48. The molecule has 1 saturated heterocycles. The van der Waals surface area contributed by atoms with Crippen LogP contribution in [0.5, 0.6) is 0 Å². The minimum Gasteiger partial charge on any atom is -0.760 e. The van der Waals surface area contributed by atoms with E-state index in [-0.39, 0.29) is 31.5 Å². The number of rotatable bonds is 4. The first-order chi connectivity index (χ1) is 12.2. The zero-order valence-corrected chi connectivity index (χ0v) is 13.9. The first kappa shape index (κ1) is 18.5. The highest BCUT2D eigenvalue weighted by Gasteiger charge is 2.35. The van der Waals surface area contributed by atoms with Gasteiger partial charge in [-0.1, -0.05) is 0 Å². The average Bonchev–Trinajstić information content (AvgIpc) is 3.06. The Morgan fingerprint density at radius 3 is 2.42 bits per heavy atom. The molecule has 1 unspecified atom stereocenters. The van der Waals surface area contributed by atoms with Gasteiger partial charge in [0.25, 0.3) is 0 Å². The molecule has 0 spiro atoms. The number of hydrogen-bond acceptors (Lipinski definition) is 6. The van der Waals surface area contributed by atoms with E-state index in [2.05, 4.69) is 15.3 Å². The molecule has 1 N–H and O–H groups in total. The number of nitrogens with one attached hydrogen (secondary N) is 1. The second-order valence-corrected chi connectivity index (χ2v) is 6.35. The van der Waals surface area contributed by atoms with Crippen LogP contribution in [0, 0.1) is 5.82 Å². The maximum atomic E-state index is 13.1. The van der Waals surface area contributed by atoms with E-state index in [9.17, 15) is 26.3 Å². The number of halogens is 4.